The molecule has 6 nitrogen and oxygen atoms in total. The Kier molecular flexibility index (Phi) is 5.78. The summed E-state index contributed by atoms with van der Waals surface area (Å²) in [5.41, 5.74) is 5.43. The van der Waals surface area contributed by atoms with E-state index in [1.807, 2.05) is 6.92 Å². The van der Waals surface area contributed by atoms with Gasteiger partial charge in [0.1, 0.15) is 12.3 Å². The van der Waals surface area contributed by atoms with Gasteiger partial charge in [-0.15, -0.1) is 11.3 Å². The van der Waals surface area contributed by atoms with E-state index in [-0.39, 0.29) is 18.0 Å². The maximum Gasteiger partial charge on any atom is 0.362 e. The van der Waals surface area contributed by atoms with E-state index in [1.54, 1.807) is 11.8 Å². The first-order valence-electron chi connectivity index (χ1n) is 4.87. The van der Waals surface area contributed by atoms with Crippen LogP contribution in [-0.2, 0) is 9.53 Å². The van der Waals surface area contributed by atoms with Crippen molar-refractivity contribution in [3.63, 3.8) is 0 Å². The highest BCUT2D eigenvalue weighted by Crippen LogP contribution is 2.12. The van der Waals surface area contributed by atoms with Crippen LogP contribution in [-0.4, -0.2) is 40.0 Å². The van der Waals surface area contributed by atoms with Gasteiger partial charge in [-0.2, -0.15) is 11.8 Å². The molecule has 94 valence electrons. The van der Waals surface area contributed by atoms with Gasteiger partial charge in [-0.3, -0.25) is 0 Å². The zero-order valence-corrected chi connectivity index (χ0v) is 10.9. The number of rotatable bonds is 6. The number of carbonyl (C=O) groups excluding carboxylic acids is 1. The third kappa shape index (κ3) is 4.23. The number of esters is 1. The summed E-state index contributed by atoms with van der Waals surface area (Å²) >= 11 is 2.82. The van der Waals surface area contributed by atoms with Crippen LogP contribution in [0.4, 0.5) is 5.13 Å². The summed E-state index contributed by atoms with van der Waals surface area (Å²) in [6.07, 6.45) is 0. The normalized spacial score (nSPS) is 11.5. The number of anilines is 1. The molecule has 0 radical (unpaired) electrons. The molecule has 17 heavy (non-hydrogen) atoms. The second-order valence-electron chi connectivity index (χ2n) is 2.85. The predicted octanol–water partition coefficient (Wildman–Crippen LogP) is 1.20. The smallest absolute Gasteiger partial charge is 0.362 e. The van der Waals surface area contributed by atoms with Gasteiger partial charge in [0, 0.05) is 11.1 Å². The SMILES string of the molecule is CCSCCOC(=O)/C(=N\O)c1csc(N)n1. The van der Waals surface area contributed by atoms with Gasteiger partial charge in [0.05, 0.1) is 0 Å². The van der Waals surface area contributed by atoms with Crippen molar-refractivity contribution in [2.45, 2.75) is 6.92 Å². The molecule has 0 saturated heterocycles. The Morgan fingerprint density at radius 2 is 2.53 bits per heavy atom. The summed E-state index contributed by atoms with van der Waals surface area (Å²) in [6.45, 7) is 2.29. The van der Waals surface area contributed by atoms with Crippen molar-refractivity contribution < 1.29 is 14.7 Å². The lowest BCUT2D eigenvalue weighted by molar-refractivity contribution is -0.135. The molecule has 0 aromatic carbocycles. The summed E-state index contributed by atoms with van der Waals surface area (Å²) < 4.78 is 4.93. The molecule has 1 rings (SSSR count). The molecule has 1 aromatic heterocycles. The number of thiazole rings is 1. The minimum Gasteiger partial charge on any atom is -0.460 e. The first-order valence-corrected chi connectivity index (χ1v) is 6.90. The van der Waals surface area contributed by atoms with E-state index in [2.05, 4.69) is 10.1 Å². The Balaban J connectivity index is 2.54. The Morgan fingerprint density at radius 1 is 1.76 bits per heavy atom. The van der Waals surface area contributed by atoms with Crippen LogP contribution in [0.15, 0.2) is 10.5 Å². The largest absolute Gasteiger partial charge is 0.460 e. The number of nitrogens with zero attached hydrogens (tertiary/aromatic N) is 2. The molecule has 0 aliphatic carbocycles. The average Bonchev–Trinajstić information content (AvgIpc) is 2.72. The molecule has 8 heteroatoms. The maximum absolute atomic E-state index is 11.5. The highest BCUT2D eigenvalue weighted by atomic mass is 32.2. The van der Waals surface area contributed by atoms with Crippen LogP contribution in [0.1, 0.15) is 12.6 Å². The zero-order chi connectivity index (χ0) is 12.7. The lowest BCUT2D eigenvalue weighted by Gasteiger charge is -2.03. The number of carbonyl (C=O) groups is 1. The van der Waals surface area contributed by atoms with Crippen LogP contribution in [0.3, 0.4) is 0 Å². The minimum atomic E-state index is -0.700. The highest BCUT2D eigenvalue weighted by molar-refractivity contribution is 7.99. The summed E-state index contributed by atoms with van der Waals surface area (Å²) in [5, 5.41) is 13.5. The molecular weight excluding hydrogens is 262 g/mol. The fourth-order valence-corrected chi connectivity index (χ4v) is 2.04. The Labute approximate surface area is 107 Å². The van der Waals surface area contributed by atoms with E-state index in [0.29, 0.717) is 10.9 Å². The van der Waals surface area contributed by atoms with Crippen LogP contribution in [0.2, 0.25) is 0 Å². The topological polar surface area (TPSA) is 97.8 Å². The summed E-state index contributed by atoms with van der Waals surface area (Å²) in [4.78, 5) is 15.4. The Morgan fingerprint density at radius 3 is 3.06 bits per heavy atom. The fraction of sp³-hybridized carbons (Fsp3) is 0.444. The number of nitrogen functional groups attached to an aromatic ring is 1. The molecule has 0 bridgehead atoms. The van der Waals surface area contributed by atoms with Crippen LogP contribution < -0.4 is 5.73 Å². The second-order valence-corrected chi connectivity index (χ2v) is 5.14. The molecule has 0 spiro atoms. The van der Waals surface area contributed by atoms with Crippen molar-refractivity contribution >= 4 is 39.9 Å². The molecule has 3 N–H and O–H groups in total. The van der Waals surface area contributed by atoms with Crippen LogP contribution in [0.5, 0.6) is 0 Å². The first-order chi connectivity index (χ1) is 8.19. The van der Waals surface area contributed by atoms with E-state index >= 15 is 0 Å². The van der Waals surface area contributed by atoms with Gasteiger partial charge < -0.3 is 15.7 Å². The molecule has 1 aromatic rings. The lowest BCUT2D eigenvalue weighted by atomic mass is 10.3. The fourth-order valence-electron chi connectivity index (χ4n) is 0.999. The number of aromatic nitrogens is 1. The predicted molar refractivity (Wildman–Crippen MR) is 68.8 cm³/mol. The number of thioether (sulfide) groups is 1. The van der Waals surface area contributed by atoms with Gasteiger partial charge in [0.15, 0.2) is 5.13 Å². The van der Waals surface area contributed by atoms with Crippen molar-refractivity contribution in [2.75, 3.05) is 23.8 Å². The third-order valence-corrected chi connectivity index (χ3v) is 3.26. The van der Waals surface area contributed by atoms with E-state index in [4.69, 9.17) is 15.7 Å². The van der Waals surface area contributed by atoms with Crippen molar-refractivity contribution in [3.8, 4) is 0 Å². The van der Waals surface area contributed by atoms with E-state index in [0.717, 1.165) is 17.1 Å². The van der Waals surface area contributed by atoms with Gasteiger partial charge >= 0.3 is 5.97 Å². The first kappa shape index (κ1) is 13.8. The van der Waals surface area contributed by atoms with Gasteiger partial charge in [0.2, 0.25) is 5.71 Å². The van der Waals surface area contributed by atoms with Gasteiger partial charge in [-0.1, -0.05) is 12.1 Å². The number of ether oxygens (including phenoxy) is 1. The zero-order valence-electron chi connectivity index (χ0n) is 9.25. The van der Waals surface area contributed by atoms with E-state index < -0.39 is 5.97 Å². The summed E-state index contributed by atoms with van der Waals surface area (Å²) in [6, 6.07) is 0. The van der Waals surface area contributed by atoms with Crippen LogP contribution in [0.25, 0.3) is 0 Å². The summed E-state index contributed by atoms with van der Waals surface area (Å²) in [7, 11) is 0. The van der Waals surface area contributed by atoms with Crippen molar-refractivity contribution in [2.24, 2.45) is 5.16 Å². The second kappa shape index (κ2) is 7.13. The number of oxime groups is 1. The molecule has 0 fully saturated rings. The molecule has 1 heterocycles. The number of nitrogens with two attached hydrogens (primary N) is 1. The molecular formula is C9H13N3O3S2. The number of hydrogen-bond acceptors (Lipinski definition) is 8. The van der Waals surface area contributed by atoms with E-state index in [1.165, 1.54) is 5.38 Å². The highest BCUT2D eigenvalue weighted by Gasteiger charge is 2.19. The van der Waals surface area contributed by atoms with Crippen molar-refractivity contribution in [3.05, 3.63) is 11.1 Å². The molecule has 0 atom stereocenters. The summed E-state index contributed by atoms with van der Waals surface area (Å²) in [5.74, 6) is 0.968. The van der Waals surface area contributed by atoms with Crippen LogP contribution >= 0.6 is 23.1 Å². The molecule has 0 saturated carbocycles. The molecule has 0 unspecified atom stereocenters. The Bertz CT molecular complexity index is 406. The average molecular weight is 275 g/mol. The van der Waals surface area contributed by atoms with Gasteiger partial charge in [0.25, 0.3) is 0 Å². The van der Waals surface area contributed by atoms with Crippen molar-refractivity contribution in [1.29, 1.82) is 0 Å². The lowest BCUT2D eigenvalue weighted by Crippen LogP contribution is -2.20. The van der Waals surface area contributed by atoms with Gasteiger partial charge in [-0.05, 0) is 5.75 Å². The molecule has 0 amide bonds. The monoisotopic (exact) mass is 275 g/mol. The van der Waals surface area contributed by atoms with Crippen molar-refractivity contribution in [1.82, 2.24) is 4.98 Å². The molecule has 0 aliphatic heterocycles. The quantitative estimate of drug-likeness (QED) is 0.266. The Hall–Kier alpha value is -1.28. The standard InChI is InChI=1S/C9H13N3O3S2/c1-2-16-4-3-15-8(13)7(12-14)6-5-17-9(10)11-6/h5,14H,2-4H2,1H3,(H2,10,11)/b12-7-. The maximum atomic E-state index is 11.5. The van der Waals surface area contributed by atoms with Crippen LogP contribution in [0, 0.1) is 0 Å². The molecule has 0 aliphatic rings. The van der Waals surface area contributed by atoms with Gasteiger partial charge in [-0.25, -0.2) is 9.78 Å². The minimum absolute atomic E-state index is 0.223. The number of hydrogen-bond donors (Lipinski definition) is 2. The van der Waals surface area contributed by atoms with E-state index in [9.17, 15) is 4.79 Å². The third-order valence-electron chi connectivity index (χ3n) is 1.72.